The van der Waals surface area contributed by atoms with Crippen LogP contribution in [0.2, 0.25) is 0 Å². The second-order valence-electron chi connectivity index (χ2n) is 9.29. The van der Waals surface area contributed by atoms with E-state index in [0.717, 1.165) is 23.9 Å². The van der Waals surface area contributed by atoms with Crippen molar-refractivity contribution in [2.45, 2.75) is 44.7 Å². The molecule has 0 amide bonds. The number of aliphatic imine (C=N–C) groups is 1. The molecule has 0 radical (unpaired) electrons. The first-order valence-electron chi connectivity index (χ1n) is 12.0. The van der Waals surface area contributed by atoms with Crippen molar-refractivity contribution in [2.75, 3.05) is 0 Å². The van der Waals surface area contributed by atoms with Gasteiger partial charge in [-0.25, -0.2) is 4.99 Å². The van der Waals surface area contributed by atoms with Gasteiger partial charge in [-0.15, -0.1) is 0 Å². The van der Waals surface area contributed by atoms with Crippen LogP contribution in [-0.4, -0.2) is 37.9 Å². The predicted molar refractivity (Wildman–Crippen MR) is 129 cm³/mol. The first-order valence-corrected chi connectivity index (χ1v) is 12.0. The van der Waals surface area contributed by atoms with Gasteiger partial charge in [0, 0.05) is 29.7 Å². The summed E-state index contributed by atoms with van der Waals surface area (Å²) in [6.07, 6.45) is -2.68. The molecule has 3 unspecified atom stereocenters. The van der Waals surface area contributed by atoms with E-state index in [2.05, 4.69) is 25.5 Å². The van der Waals surface area contributed by atoms with Gasteiger partial charge in [0.2, 0.25) is 0 Å². The number of Topliss-reactive ketones (excluding diaryl/α,β-unsaturated/α-hetero) is 1. The van der Waals surface area contributed by atoms with Crippen molar-refractivity contribution in [3.8, 4) is 0 Å². The second kappa shape index (κ2) is 10.4. The van der Waals surface area contributed by atoms with Crippen LogP contribution in [0.3, 0.4) is 0 Å². The standard InChI is InChI=1S/C26H24F3N5O4/c27-26(28,29)21-9-6-15(11-30-21)20(35)10-18-22-19(13-38-12-14-4-2-1-3-5-14)33-34-24(22)32-23(31-18)16-7-8-17(16)25(36)37/h1-6,9,11,16-18H,7-8,10,12-13H2,(H,36,37)(H2,31,32,33,34). The lowest BCUT2D eigenvalue weighted by Crippen LogP contribution is -2.46. The molecule has 1 aliphatic heterocycles. The number of carbonyl (C=O) groups is 2. The number of pyridine rings is 1. The van der Waals surface area contributed by atoms with E-state index >= 15 is 0 Å². The topological polar surface area (TPSA) is 130 Å². The molecule has 3 atom stereocenters. The molecule has 198 valence electrons. The zero-order valence-electron chi connectivity index (χ0n) is 20.0. The number of aromatic nitrogens is 3. The summed E-state index contributed by atoms with van der Waals surface area (Å²) >= 11 is 0. The van der Waals surface area contributed by atoms with Gasteiger partial charge in [0.25, 0.3) is 0 Å². The molecule has 3 N–H and O–H groups in total. The fourth-order valence-electron chi connectivity index (χ4n) is 4.68. The van der Waals surface area contributed by atoms with E-state index in [1.165, 1.54) is 0 Å². The highest BCUT2D eigenvalue weighted by atomic mass is 19.4. The van der Waals surface area contributed by atoms with Gasteiger partial charge in [0.05, 0.1) is 30.9 Å². The Morgan fingerprint density at radius 2 is 1.87 bits per heavy atom. The Labute approximate surface area is 215 Å². The number of hydrogen-bond acceptors (Lipinski definition) is 7. The Hall–Kier alpha value is -4.06. The number of ether oxygens (including phenoxy) is 1. The van der Waals surface area contributed by atoms with Crippen molar-refractivity contribution < 1.29 is 32.6 Å². The molecular formula is C26H24F3N5O4. The maximum Gasteiger partial charge on any atom is 0.433 e. The van der Waals surface area contributed by atoms with Crippen LogP contribution in [0, 0.1) is 11.8 Å². The smallest absolute Gasteiger partial charge is 0.433 e. The lowest BCUT2D eigenvalue weighted by atomic mass is 9.72. The van der Waals surface area contributed by atoms with E-state index in [9.17, 15) is 27.9 Å². The summed E-state index contributed by atoms with van der Waals surface area (Å²) in [7, 11) is 0. The predicted octanol–water partition coefficient (Wildman–Crippen LogP) is 4.60. The van der Waals surface area contributed by atoms with Crippen LogP contribution in [0.15, 0.2) is 53.7 Å². The average molecular weight is 528 g/mol. The number of fused-ring (bicyclic) bond motifs is 1. The molecule has 0 saturated heterocycles. The summed E-state index contributed by atoms with van der Waals surface area (Å²) in [5, 5.41) is 19.9. The number of ketones is 1. The molecule has 9 nitrogen and oxygen atoms in total. The summed E-state index contributed by atoms with van der Waals surface area (Å²) in [4.78, 5) is 32.7. The molecule has 0 spiro atoms. The van der Waals surface area contributed by atoms with Crippen LogP contribution in [0.5, 0.6) is 0 Å². The van der Waals surface area contributed by atoms with E-state index in [4.69, 9.17) is 4.74 Å². The summed E-state index contributed by atoms with van der Waals surface area (Å²) in [6.45, 7) is 0.467. The average Bonchev–Trinajstić information content (AvgIpc) is 3.26. The van der Waals surface area contributed by atoms with Crippen LogP contribution < -0.4 is 5.32 Å². The van der Waals surface area contributed by atoms with Crippen LogP contribution in [0.1, 0.15) is 58.2 Å². The van der Waals surface area contributed by atoms with E-state index in [-0.39, 0.29) is 24.5 Å². The number of aliphatic carboxylic acids is 1. The third-order valence-electron chi connectivity index (χ3n) is 6.82. The number of halogens is 3. The summed E-state index contributed by atoms with van der Waals surface area (Å²) in [6, 6.07) is 10.8. The van der Waals surface area contributed by atoms with Crippen molar-refractivity contribution in [1.82, 2.24) is 20.5 Å². The number of carboxylic acid groups (broad SMARTS) is 1. The van der Waals surface area contributed by atoms with Crippen molar-refractivity contribution in [1.29, 1.82) is 0 Å². The number of nitrogens with one attached hydrogen (secondary N) is 2. The lowest BCUT2D eigenvalue weighted by Gasteiger charge is -2.37. The number of hydrogen-bond donors (Lipinski definition) is 3. The Bertz CT molecular complexity index is 1360. The highest BCUT2D eigenvalue weighted by Crippen LogP contribution is 2.41. The van der Waals surface area contributed by atoms with Crippen molar-refractivity contribution in [2.24, 2.45) is 16.8 Å². The molecule has 0 bridgehead atoms. The molecule has 38 heavy (non-hydrogen) atoms. The van der Waals surface area contributed by atoms with Gasteiger partial charge in [-0.3, -0.25) is 19.7 Å². The van der Waals surface area contributed by atoms with Gasteiger partial charge in [-0.2, -0.15) is 18.3 Å². The largest absolute Gasteiger partial charge is 0.481 e. The minimum atomic E-state index is -4.61. The van der Waals surface area contributed by atoms with E-state index in [0.29, 0.717) is 42.4 Å². The Morgan fingerprint density at radius 1 is 1.08 bits per heavy atom. The van der Waals surface area contributed by atoms with Crippen molar-refractivity contribution >= 4 is 23.4 Å². The molecule has 1 aliphatic carbocycles. The molecular weight excluding hydrogens is 503 g/mol. The summed E-state index contributed by atoms with van der Waals surface area (Å²) in [5.74, 6) is -1.44. The Balaban J connectivity index is 1.38. The van der Waals surface area contributed by atoms with Crippen LogP contribution in [0.25, 0.3) is 0 Å². The minimum Gasteiger partial charge on any atom is -0.481 e. The number of carboxylic acids is 1. The normalized spacial score (nSPS) is 20.6. The third-order valence-corrected chi connectivity index (χ3v) is 6.82. The summed E-state index contributed by atoms with van der Waals surface area (Å²) in [5.41, 5.74) is 1.04. The Morgan fingerprint density at radius 3 is 2.50 bits per heavy atom. The van der Waals surface area contributed by atoms with Crippen molar-refractivity contribution in [3.05, 3.63) is 76.7 Å². The van der Waals surface area contributed by atoms with Gasteiger partial charge in [0.15, 0.2) is 11.6 Å². The monoisotopic (exact) mass is 527 g/mol. The first kappa shape index (κ1) is 25.6. The maximum atomic E-state index is 13.1. The number of benzene rings is 1. The highest BCUT2D eigenvalue weighted by Gasteiger charge is 2.43. The zero-order chi connectivity index (χ0) is 26.9. The number of rotatable bonds is 9. The molecule has 5 rings (SSSR count). The van der Waals surface area contributed by atoms with Crippen LogP contribution >= 0.6 is 0 Å². The van der Waals surface area contributed by atoms with Gasteiger partial charge in [-0.05, 0) is 30.5 Å². The molecule has 3 aromatic rings. The highest BCUT2D eigenvalue weighted by molar-refractivity contribution is 5.98. The quantitative estimate of drug-likeness (QED) is 0.347. The fourth-order valence-corrected chi connectivity index (χ4v) is 4.68. The molecule has 1 saturated carbocycles. The van der Waals surface area contributed by atoms with Gasteiger partial charge < -0.3 is 15.2 Å². The molecule has 1 aromatic carbocycles. The second-order valence-corrected chi connectivity index (χ2v) is 9.29. The molecule has 3 heterocycles. The number of amidine groups is 1. The number of H-pyrrole nitrogens is 1. The number of nitrogens with zero attached hydrogens (tertiary/aromatic N) is 3. The van der Waals surface area contributed by atoms with Gasteiger partial charge in [-0.1, -0.05) is 30.3 Å². The molecule has 12 heteroatoms. The zero-order valence-corrected chi connectivity index (χ0v) is 20.0. The SMILES string of the molecule is O=C(CC1NC(C2CCC2C(=O)O)=Nc2[nH]nc(COCc3ccccc3)c21)c1ccc(C(F)(F)F)nc1. The number of carbonyl (C=O) groups excluding carboxylic acids is 1. The maximum absolute atomic E-state index is 13.1. The minimum absolute atomic E-state index is 0.0304. The fraction of sp³-hybridized carbons (Fsp3) is 0.346. The molecule has 1 fully saturated rings. The van der Waals surface area contributed by atoms with Crippen molar-refractivity contribution in [3.63, 3.8) is 0 Å². The van der Waals surface area contributed by atoms with E-state index < -0.39 is 35.6 Å². The summed E-state index contributed by atoms with van der Waals surface area (Å²) < 4.78 is 44.5. The molecule has 2 aliphatic rings. The number of alkyl halides is 3. The van der Waals surface area contributed by atoms with Gasteiger partial charge >= 0.3 is 12.1 Å². The number of aromatic amines is 1. The van der Waals surface area contributed by atoms with E-state index in [1.807, 2.05) is 30.3 Å². The van der Waals surface area contributed by atoms with Crippen LogP contribution in [0.4, 0.5) is 19.0 Å². The Kier molecular flexibility index (Phi) is 6.98. The first-order chi connectivity index (χ1) is 18.2. The van der Waals surface area contributed by atoms with Crippen LogP contribution in [-0.2, 0) is 28.9 Å². The lowest BCUT2D eigenvalue weighted by molar-refractivity contribution is -0.146. The van der Waals surface area contributed by atoms with Gasteiger partial charge in [0.1, 0.15) is 11.5 Å². The third kappa shape index (κ3) is 5.30. The molecule has 2 aromatic heterocycles. The van der Waals surface area contributed by atoms with E-state index in [1.54, 1.807) is 0 Å².